The fraction of sp³-hybridized carbons (Fsp3) is 0.143. The van der Waals surface area contributed by atoms with Gasteiger partial charge in [0, 0.05) is 0 Å². The zero-order valence-corrected chi connectivity index (χ0v) is 8.40. The van der Waals surface area contributed by atoms with Crippen molar-refractivity contribution in [2.24, 2.45) is 0 Å². The van der Waals surface area contributed by atoms with Gasteiger partial charge in [0.25, 0.3) is 0 Å². The molecule has 0 bridgehead atoms. The molecule has 0 radical (unpaired) electrons. The van der Waals surface area contributed by atoms with Gasteiger partial charge in [-0.15, -0.1) is 11.8 Å². The van der Waals surface area contributed by atoms with E-state index in [2.05, 4.69) is 15.9 Å². The third-order valence-corrected chi connectivity index (χ3v) is 2.64. The van der Waals surface area contributed by atoms with Gasteiger partial charge in [-0.3, -0.25) is 0 Å². The molecule has 0 aromatic heterocycles. The van der Waals surface area contributed by atoms with Gasteiger partial charge in [0.2, 0.25) is 0 Å². The number of benzene rings is 1. The smallest absolute Gasteiger partial charge is 0.176 e. The van der Waals surface area contributed by atoms with E-state index in [0.717, 1.165) is 17.8 Å². The van der Waals surface area contributed by atoms with E-state index >= 15 is 0 Å². The predicted molar refractivity (Wildman–Crippen MR) is 45.8 cm³/mol. The van der Waals surface area contributed by atoms with Crippen molar-refractivity contribution in [3.05, 3.63) is 28.0 Å². The summed E-state index contributed by atoms with van der Waals surface area (Å²) < 4.78 is 38.2. The zero-order chi connectivity index (χ0) is 9.30. The summed E-state index contributed by atoms with van der Waals surface area (Å²) in [6.45, 7) is 0. The van der Waals surface area contributed by atoms with Crippen molar-refractivity contribution in [2.75, 3.05) is 6.26 Å². The predicted octanol–water partition coefficient (Wildman–Crippen LogP) is 3.59. The molecule has 0 fully saturated rings. The van der Waals surface area contributed by atoms with Crippen LogP contribution in [-0.4, -0.2) is 6.26 Å². The van der Waals surface area contributed by atoms with Gasteiger partial charge in [-0.1, -0.05) is 0 Å². The van der Waals surface area contributed by atoms with E-state index in [1.807, 2.05) is 0 Å². The first-order chi connectivity index (χ1) is 5.57. The quantitative estimate of drug-likeness (QED) is 0.421. The number of thioether (sulfide) groups is 1. The Morgan fingerprint density at radius 3 is 2.33 bits per heavy atom. The highest BCUT2D eigenvalue weighted by atomic mass is 79.9. The average molecular weight is 257 g/mol. The Hall–Kier alpha value is -0.160. The third-order valence-electron chi connectivity index (χ3n) is 1.28. The molecule has 0 heterocycles. The summed E-state index contributed by atoms with van der Waals surface area (Å²) in [7, 11) is 0. The Morgan fingerprint density at radius 2 is 1.83 bits per heavy atom. The second kappa shape index (κ2) is 3.70. The summed E-state index contributed by atoms with van der Waals surface area (Å²) in [4.78, 5) is -0.296. The Morgan fingerprint density at radius 1 is 1.25 bits per heavy atom. The van der Waals surface area contributed by atoms with E-state index in [1.165, 1.54) is 6.26 Å². The van der Waals surface area contributed by atoms with E-state index in [0.29, 0.717) is 0 Å². The highest BCUT2D eigenvalue weighted by Crippen LogP contribution is 2.29. The minimum atomic E-state index is -1.14. The molecule has 66 valence electrons. The molecular weight excluding hydrogens is 253 g/mol. The Kier molecular flexibility index (Phi) is 3.06. The van der Waals surface area contributed by atoms with E-state index < -0.39 is 17.5 Å². The molecule has 1 aromatic carbocycles. The maximum absolute atomic E-state index is 12.9. The standard InChI is InChI=1S/C7H4BrF3S/c1-12-7-4(9)2-3(8)5(10)6(7)11/h2H,1H3. The van der Waals surface area contributed by atoms with E-state index in [-0.39, 0.29) is 9.37 Å². The molecule has 5 heteroatoms. The first-order valence-electron chi connectivity index (χ1n) is 2.95. The summed E-state index contributed by atoms with van der Waals surface area (Å²) >= 11 is 3.53. The number of halogens is 4. The normalized spacial score (nSPS) is 10.4. The minimum absolute atomic E-state index is 0.199. The monoisotopic (exact) mass is 256 g/mol. The topological polar surface area (TPSA) is 0 Å². The Balaban J connectivity index is 3.40. The van der Waals surface area contributed by atoms with Crippen molar-refractivity contribution in [3.63, 3.8) is 0 Å². The van der Waals surface area contributed by atoms with Crippen LogP contribution in [-0.2, 0) is 0 Å². The molecule has 1 rings (SSSR count). The van der Waals surface area contributed by atoms with Crippen molar-refractivity contribution in [3.8, 4) is 0 Å². The Bertz CT molecular complexity index is 314. The fourth-order valence-electron chi connectivity index (χ4n) is 0.737. The maximum atomic E-state index is 12.9. The summed E-state index contributed by atoms with van der Waals surface area (Å²) in [6.07, 6.45) is 1.48. The SMILES string of the molecule is CSc1c(F)cc(Br)c(F)c1F. The molecule has 0 atom stereocenters. The van der Waals surface area contributed by atoms with Crippen molar-refractivity contribution < 1.29 is 13.2 Å². The van der Waals surface area contributed by atoms with E-state index in [1.54, 1.807) is 0 Å². The molecular formula is C7H4BrF3S. The van der Waals surface area contributed by atoms with Crippen molar-refractivity contribution in [1.29, 1.82) is 0 Å². The van der Waals surface area contributed by atoms with Gasteiger partial charge in [0.05, 0.1) is 9.37 Å². The number of hydrogen-bond acceptors (Lipinski definition) is 1. The summed E-state index contributed by atoms with van der Waals surface area (Å²) in [5.74, 6) is -2.96. The van der Waals surface area contributed by atoms with Gasteiger partial charge < -0.3 is 0 Å². The van der Waals surface area contributed by atoms with Gasteiger partial charge in [0.15, 0.2) is 11.6 Å². The molecule has 0 unspecified atom stereocenters. The molecule has 0 N–H and O–H groups in total. The molecule has 0 saturated carbocycles. The lowest BCUT2D eigenvalue weighted by Gasteiger charge is -2.03. The van der Waals surface area contributed by atoms with E-state index in [4.69, 9.17) is 0 Å². The lowest BCUT2D eigenvalue weighted by atomic mass is 10.3. The lowest BCUT2D eigenvalue weighted by Crippen LogP contribution is -1.93. The molecule has 1 aromatic rings. The van der Waals surface area contributed by atoms with Crippen molar-refractivity contribution in [2.45, 2.75) is 4.90 Å². The van der Waals surface area contributed by atoms with Crippen molar-refractivity contribution in [1.82, 2.24) is 0 Å². The second-order valence-corrected chi connectivity index (χ2v) is 3.67. The van der Waals surface area contributed by atoms with Crippen LogP contribution in [0.3, 0.4) is 0 Å². The molecule has 0 saturated heterocycles. The minimum Gasteiger partial charge on any atom is -0.206 e. The maximum Gasteiger partial charge on any atom is 0.176 e. The Labute approximate surface area is 80.3 Å². The third kappa shape index (κ3) is 1.61. The fourth-order valence-corrected chi connectivity index (χ4v) is 1.63. The van der Waals surface area contributed by atoms with Gasteiger partial charge in [-0.05, 0) is 28.3 Å². The van der Waals surface area contributed by atoms with Crippen LogP contribution in [0.1, 0.15) is 0 Å². The molecule has 0 aliphatic carbocycles. The van der Waals surface area contributed by atoms with Crippen LogP contribution in [0.25, 0.3) is 0 Å². The van der Waals surface area contributed by atoms with Crippen LogP contribution in [0.15, 0.2) is 15.4 Å². The van der Waals surface area contributed by atoms with Crippen LogP contribution >= 0.6 is 27.7 Å². The van der Waals surface area contributed by atoms with Crippen LogP contribution in [0.2, 0.25) is 0 Å². The molecule has 0 spiro atoms. The van der Waals surface area contributed by atoms with Gasteiger partial charge in [-0.25, -0.2) is 13.2 Å². The van der Waals surface area contributed by atoms with Crippen LogP contribution in [0.4, 0.5) is 13.2 Å². The first-order valence-corrected chi connectivity index (χ1v) is 4.96. The van der Waals surface area contributed by atoms with Crippen LogP contribution in [0.5, 0.6) is 0 Å². The average Bonchev–Trinajstić information content (AvgIpc) is 2.01. The summed E-state index contributed by atoms with van der Waals surface area (Å²) in [5, 5.41) is 0. The van der Waals surface area contributed by atoms with E-state index in [9.17, 15) is 13.2 Å². The zero-order valence-electron chi connectivity index (χ0n) is 6.00. The molecule has 0 amide bonds. The van der Waals surface area contributed by atoms with Crippen LogP contribution < -0.4 is 0 Å². The molecule has 0 aliphatic rings. The molecule has 12 heavy (non-hydrogen) atoms. The van der Waals surface area contributed by atoms with Crippen LogP contribution in [0, 0.1) is 17.5 Å². The highest BCUT2D eigenvalue weighted by molar-refractivity contribution is 9.10. The number of rotatable bonds is 1. The largest absolute Gasteiger partial charge is 0.206 e. The van der Waals surface area contributed by atoms with Crippen molar-refractivity contribution >= 4 is 27.7 Å². The van der Waals surface area contributed by atoms with Gasteiger partial charge in [0.1, 0.15) is 5.82 Å². The summed E-state index contributed by atoms with van der Waals surface area (Å²) in [6, 6.07) is 0.907. The van der Waals surface area contributed by atoms with Gasteiger partial charge in [-0.2, -0.15) is 0 Å². The number of hydrogen-bond donors (Lipinski definition) is 0. The molecule has 0 nitrogen and oxygen atoms in total. The summed E-state index contributed by atoms with van der Waals surface area (Å²) in [5.41, 5.74) is 0. The highest BCUT2D eigenvalue weighted by Gasteiger charge is 2.16. The second-order valence-electron chi connectivity index (χ2n) is 2.00. The molecule has 0 aliphatic heterocycles. The van der Waals surface area contributed by atoms with Gasteiger partial charge >= 0.3 is 0 Å². The lowest BCUT2D eigenvalue weighted by molar-refractivity contribution is 0.463. The first kappa shape index (κ1) is 9.92.